The fourth-order valence-electron chi connectivity index (χ4n) is 7.87. The molecule has 1 saturated carbocycles. The molecule has 3 atom stereocenters. The molecule has 1 aliphatic carbocycles. The predicted octanol–water partition coefficient (Wildman–Crippen LogP) is 9.12. The maximum absolute atomic E-state index is 6.31. The maximum atomic E-state index is 6.31. The number of anilines is 2. The summed E-state index contributed by atoms with van der Waals surface area (Å²) in [6, 6.07) is 17.9. The van der Waals surface area contributed by atoms with E-state index in [1.807, 2.05) is 25.6 Å². The van der Waals surface area contributed by atoms with E-state index in [9.17, 15) is 0 Å². The average molecular weight is 595 g/mol. The number of benzene rings is 2. The number of hydrogen-bond donors (Lipinski definition) is 3. The van der Waals surface area contributed by atoms with Crippen molar-refractivity contribution in [2.24, 2.45) is 24.8 Å². The van der Waals surface area contributed by atoms with Gasteiger partial charge in [-0.2, -0.15) is 5.10 Å². The molecule has 4 N–H and O–H groups in total. The van der Waals surface area contributed by atoms with E-state index >= 15 is 0 Å². The fraction of sp³-hybridized carbons (Fsp3) is 0.500. The topological polar surface area (TPSA) is 74.9 Å². The first-order valence-electron chi connectivity index (χ1n) is 17.0. The highest BCUT2D eigenvalue weighted by atomic mass is 15.3. The summed E-state index contributed by atoms with van der Waals surface area (Å²) in [5.74, 6) is 4.03. The summed E-state index contributed by atoms with van der Waals surface area (Å²) in [6.45, 7) is 19.4. The molecule has 2 aromatic heterocycles. The van der Waals surface area contributed by atoms with Crippen LogP contribution in [0.15, 0.2) is 60.7 Å². The van der Waals surface area contributed by atoms with Crippen molar-refractivity contribution in [1.29, 1.82) is 0 Å². The summed E-state index contributed by atoms with van der Waals surface area (Å²) >= 11 is 0. The summed E-state index contributed by atoms with van der Waals surface area (Å²) in [4.78, 5) is 6.30. The zero-order chi connectivity index (χ0) is 31.4. The molecule has 4 aromatic rings. The highest BCUT2D eigenvalue weighted by Crippen LogP contribution is 2.41. The van der Waals surface area contributed by atoms with Gasteiger partial charge in [0, 0.05) is 32.2 Å². The van der Waals surface area contributed by atoms with E-state index in [0.717, 1.165) is 54.7 Å². The van der Waals surface area contributed by atoms with Gasteiger partial charge in [0.05, 0.1) is 5.52 Å². The third-order valence-corrected chi connectivity index (χ3v) is 10.00. The van der Waals surface area contributed by atoms with Crippen molar-refractivity contribution in [2.45, 2.75) is 85.7 Å². The smallest absolute Gasteiger partial charge is 0.169 e. The first kappa shape index (κ1) is 31.9. The van der Waals surface area contributed by atoms with Crippen molar-refractivity contribution in [1.82, 2.24) is 19.7 Å². The highest BCUT2D eigenvalue weighted by Gasteiger charge is 2.33. The van der Waals surface area contributed by atoms with E-state index in [1.54, 1.807) is 0 Å². The molecule has 6 nitrogen and oxygen atoms in total. The number of likely N-dealkylation sites (tertiary alicyclic amines) is 1. The zero-order valence-corrected chi connectivity index (χ0v) is 27.9. The van der Waals surface area contributed by atoms with Crippen LogP contribution in [0, 0.1) is 17.8 Å². The molecule has 0 radical (unpaired) electrons. The Morgan fingerprint density at radius 1 is 1.11 bits per heavy atom. The molecule has 44 heavy (non-hydrogen) atoms. The first-order valence-corrected chi connectivity index (χ1v) is 17.0. The number of nitrogen functional groups attached to an aromatic ring is 1. The lowest BCUT2D eigenvalue weighted by molar-refractivity contribution is 0.110. The summed E-state index contributed by atoms with van der Waals surface area (Å²) in [5, 5.41) is 8.29. The maximum Gasteiger partial charge on any atom is 0.169 e. The minimum absolute atomic E-state index is 0.408. The lowest BCUT2D eigenvalue weighted by atomic mass is 9.72. The van der Waals surface area contributed by atoms with Crippen LogP contribution >= 0.6 is 0 Å². The van der Waals surface area contributed by atoms with Crippen LogP contribution in [-0.2, 0) is 20.1 Å². The molecule has 0 spiro atoms. The zero-order valence-electron chi connectivity index (χ0n) is 27.9. The van der Waals surface area contributed by atoms with Crippen LogP contribution in [-0.4, -0.2) is 32.8 Å². The number of aryl methyl sites for hydroxylation is 1. The highest BCUT2D eigenvalue weighted by molar-refractivity contribution is 5.93. The van der Waals surface area contributed by atoms with Crippen molar-refractivity contribution < 1.29 is 0 Å². The standard InChI is InChI=1S/C36H48N6.C2H6/c1-6-29(23(2)3)32-34-33(35(37)40-41(34)5)39-36(32)38-20-25-15-16-31(26-12-8-7-9-13-26)28(19-25)22-42-18-17-30-24(4)11-10-14-27(30)21-42;1-2/h7-9,12-13,15-16,19,23,27,29-30,38-39H,4,6,10-11,14,17-18,20-22H2,1-3,5H3,(H2,37,40);1-2H3/t27?,29-,30?;/m1./s1. The lowest BCUT2D eigenvalue weighted by Gasteiger charge is -2.42. The number of fused-ring (bicyclic) bond motifs is 2. The van der Waals surface area contributed by atoms with Gasteiger partial charge in [0.1, 0.15) is 11.3 Å². The molecule has 3 heterocycles. The first-order chi connectivity index (χ1) is 21.3. The molecule has 1 aliphatic heterocycles. The Labute approximate surface area is 265 Å². The van der Waals surface area contributed by atoms with Crippen LogP contribution in [0.2, 0.25) is 0 Å². The van der Waals surface area contributed by atoms with E-state index in [2.05, 4.69) is 96.2 Å². The Morgan fingerprint density at radius 3 is 2.61 bits per heavy atom. The Morgan fingerprint density at radius 2 is 1.89 bits per heavy atom. The molecule has 0 amide bonds. The molecule has 1 saturated heterocycles. The van der Waals surface area contributed by atoms with Crippen molar-refractivity contribution in [3.8, 4) is 11.1 Å². The van der Waals surface area contributed by atoms with Gasteiger partial charge in [-0.05, 0) is 84.6 Å². The minimum Gasteiger partial charge on any atom is -0.380 e. The normalized spacial score (nSPS) is 19.5. The van der Waals surface area contributed by atoms with Gasteiger partial charge in [0.2, 0.25) is 0 Å². The second kappa shape index (κ2) is 14.1. The number of piperidine rings is 1. The van der Waals surface area contributed by atoms with Crippen molar-refractivity contribution in [3.63, 3.8) is 0 Å². The summed E-state index contributed by atoms with van der Waals surface area (Å²) < 4.78 is 1.93. The molecule has 2 fully saturated rings. The molecule has 0 bridgehead atoms. The molecule has 6 heteroatoms. The SMILES string of the molecule is C=C1CCCC2CN(Cc3cc(CNc4[nH]c5c(N)nn(C)c5c4[C@H](CC)C(C)C)ccc3-c3ccccc3)CCC12.CC. The number of nitrogens with one attached hydrogen (secondary N) is 2. The molecule has 2 aliphatic rings. The van der Waals surface area contributed by atoms with Crippen LogP contribution in [0.1, 0.15) is 89.3 Å². The Bertz CT molecular complexity index is 1540. The number of allylic oxidation sites excluding steroid dienone is 1. The summed E-state index contributed by atoms with van der Waals surface area (Å²) in [7, 11) is 1.99. The van der Waals surface area contributed by atoms with Gasteiger partial charge in [-0.15, -0.1) is 0 Å². The van der Waals surface area contributed by atoms with Gasteiger partial charge in [-0.1, -0.05) is 95.3 Å². The summed E-state index contributed by atoms with van der Waals surface area (Å²) in [6.07, 6.45) is 6.19. The third kappa shape index (κ3) is 6.46. The van der Waals surface area contributed by atoms with Gasteiger partial charge >= 0.3 is 0 Å². The van der Waals surface area contributed by atoms with Gasteiger partial charge < -0.3 is 16.0 Å². The minimum atomic E-state index is 0.408. The van der Waals surface area contributed by atoms with E-state index in [0.29, 0.717) is 17.7 Å². The number of hydrogen-bond acceptors (Lipinski definition) is 4. The van der Waals surface area contributed by atoms with Crippen LogP contribution in [0.3, 0.4) is 0 Å². The summed E-state index contributed by atoms with van der Waals surface area (Å²) in [5.41, 5.74) is 16.5. The van der Waals surface area contributed by atoms with Crippen molar-refractivity contribution >= 4 is 22.7 Å². The molecular formula is C38H54N6. The van der Waals surface area contributed by atoms with Crippen LogP contribution in [0.4, 0.5) is 11.6 Å². The van der Waals surface area contributed by atoms with E-state index in [-0.39, 0.29) is 0 Å². The third-order valence-electron chi connectivity index (χ3n) is 10.00. The van der Waals surface area contributed by atoms with Crippen molar-refractivity contribution in [2.75, 3.05) is 24.1 Å². The second-order valence-electron chi connectivity index (χ2n) is 13.1. The number of rotatable bonds is 9. The quantitative estimate of drug-likeness (QED) is 0.169. The number of H-pyrrole nitrogens is 1. The number of nitrogens with two attached hydrogens (primary N) is 1. The van der Waals surface area contributed by atoms with Crippen molar-refractivity contribution in [3.05, 3.63) is 77.4 Å². The largest absolute Gasteiger partial charge is 0.380 e. The number of aromatic nitrogens is 3. The Kier molecular flexibility index (Phi) is 10.2. The molecule has 2 unspecified atom stereocenters. The second-order valence-corrected chi connectivity index (χ2v) is 13.1. The van der Waals surface area contributed by atoms with E-state index < -0.39 is 0 Å². The van der Waals surface area contributed by atoms with Gasteiger partial charge in [-0.3, -0.25) is 9.58 Å². The molecule has 236 valence electrons. The van der Waals surface area contributed by atoms with Crippen LogP contribution < -0.4 is 11.1 Å². The number of aromatic amines is 1. The van der Waals surface area contributed by atoms with Gasteiger partial charge in [0.15, 0.2) is 5.82 Å². The predicted molar refractivity (Wildman–Crippen MR) is 188 cm³/mol. The molecule has 6 rings (SSSR count). The van der Waals surface area contributed by atoms with Crippen LogP contribution in [0.5, 0.6) is 0 Å². The fourth-order valence-corrected chi connectivity index (χ4v) is 7.87. The van der Waals surface area contributed by atoms with E-state index in [1.165, 1.54) is 65.6 Å². The molecular weight excluding hydrogens is 540 g/mol. The van der Waals surface area contributed by atoms with Gasteiger partial charge in [0.25, 0.3) is 0 Å². The monoisotopic (exact) mass is 594 g/mol. The molecule has 2 aromatic carbocycles. The average Bonchev–Trinajstić information content (AvgIpc) is 3.54. The number of nitrogens with zero attached hydrogens (tertiary/aromatic N) is 3. The van der Waals surface area contributed by atoms with Crippen LogP contribution in [0.25, 0.3) is 22.2 Å². The van der Waals surface area contributed by atoms with Gasteiger partial charge in [-0.25, -0.2) is 0 Å². The van der Waals surface area contributed by atoms with E-state index in [4.69, 9.17) is 5.73 Å². The Hall–Kier alpha value is -3.51. The Balaban J connectivity index is 0.00000188. The lowest BCUT2D eigenvalue weighted by Crippen LogP contribution is -2.42.